The topological polar surface area (TPSA) is 64.4 Å². The molecule has 0 spiro atoms. The number of nitrogens with one attached hydrogen (secondary N) is 1. The van der Waals surface area contributed by atoms with Crippen molar-refractivity contribution in [1.29, 1.82) is 0 Å². The van der Waals surface area contributed by atoms with Gasteiger partial charge in [-0.25, -0.2) is 0 Å². The Bertz CT molecular complexity index is 170. The largest absolute Gasteiger partial charge is 0.383 e. The van der Waals surface area contributed by atoms with Crippen LogP contribution in [0.2, 0.25) is 0 Å². The van der Waals surface area contributed by atoms with E-state index in [4.69, 9.17) is 10.5 Å². The predicted molar refractivity (Wildman–Crippen MR) is 61.6 cm³/mol. The molecule has 0 rings (SSSR count). The van der Waals surface area contributed by atoms with Crippen LogP contribution in [0.5, 0.6) is 0 Å². The standard InChI is InChI=1S/C11H24N2O2/c1-4-9(5-2)11(14)13-7-6-10(12)8-15-3/h9-10H,4-8,12H2,1-3H3,(H,13,14). The van der Waals surface area contributed by atoms with Crippen LogP contribution in [0.25, 0.3) is 0 Å². The third-order valence-corrected chi connectivity index (χ3v) is 2.55. The van der Waals surface area contributed by atoms with Crippen LogP contribution in [0.4, 0.5) is 0 Å². The highest BCUT2D eigenvalue weighted by Crippen LogP contribution is 2.06. The van der Waals surface area contributed by atoms with Crippen molar-refractivity contribution in [3.8, 4) is 0 Å². The fraction of sp³-hybridized carbons (Fsp3) is 0.909. The first-order valence-corrected chi connectivity index (χ1v) is 5.67. The Labute approximate surface area is 92.6 Å². The molecule has 4 nitrogen and oxygen atoms in total. The van der Waals surface area contributed by atoms with E-state index in [2.05, 4.69) is 5.32 Å². The molecule has 0 aliphatic carbocycles. The Hall–Kier alpha value is -0.610. The number of rotatable bonds is 8. The van der Waals surface area contributed by atoms with Gasteiger partial charge in [0, 0.05) is 25.6 Å². The van der Waals surface area contributed by atoms with Crippen LogP contribution in [-0.4, -0.2) is 32.2 Å². The summed E-state index contributed by atoms with van der Waals surface area (Å²) in [5, 5.41) is 2.90. The summed E-state index contributed by atoms with van der Waals surface area (Å²) in [4.78, 5) is 11.6. The lowest BCUT2D eigenvalue weighted by Gasteiger charge is -2.14. The van der Waals surface area contributed by atoms with Crippen LogP contribution in [0.1, 0.15) is 33.1 Å². The number of carbonyl (C=O) groups excluding carboxylic acids is 1. The first kappa shape index (κ1) is 14.4. The first-order valence-electron chi connectivity index (χ1n) is 5.67. The molecule has 3 N–H and O–H groups in total. The van der Waals surface area contributed by atoms with Crippen molar-refractivity contribution in [2.75, 3.05) is 20.3 Å². The Balaban J connectivity index is 3.62. The predicted octanol–water partition coefficient (Wildman–Crippen LogP) is 0.903. The molecule has 0 radical (unpaired) electrons. The molecule has 4 heteroatoms. The van der Waals surface area contributed by atoms with Crippen LogP contribution in [0, 0.1) is 5.92 Å². The summed E-state index contributed by atoms with van der Waals surface area (Å²) in [6.45, 7) is 5.25. The molecule has 0 aromatic rings. The van der Waals surface area contributed by atoms with Crippen LogP contribution >= 0.6 is 0 Å². The van der Waals surface area contributed by atoms with Gasteiger partial charge in [0.15, 0.2) is 0 Å². The zero-order valence-electron chi connectivity index (χ0n) is 10.1. The van der Waals surface area contributed by atoms with Crippen LogP contribution in [0.3, 0.4) is 0 Å². The maximum Gasteiger partial charge on any atom is 0.223 e. The molecule has 15 heavy (non-hydrogen) atoms. The quantitative estimate of drug-likeness (QED) is 0.633. The normalized spacial score (nSPS) is 12.9. The van der Waals surface area contributed by atoms with E-state index >= 15 is 0 Å². The fourth-order valence-electron chi connectivity index (χ4n) is 1.48. The van der Waals surface area contributed by atoms with E-state index in [-0.39, 0.29) is 17.9 Å². The summed E-state index contributed by atoms with van der Waals surface area (Å²) >= 11 is 0. The summed E-state index contributed by atoms with van der Waals surface area (Å²) in [6.07, 6.45) is 2.55. The molecule has 0 aromatic heterocycles. The van der Waals surface area contributed by atoms with Gasteiger partial charge in [-0.15, -0.1) is 0 Å². The van der Waals surface area contributed by atoms with Crippen LogP contribution < -0.4 is 11.1 Å². The lowest BCUT2D eigenvalue weighted by Crippen LogP contribution is -2.35. The second-order valence-corrected chi connectivity index (χ2v) is 3.81. The van der Waals surface area contributed by atoms with E-state index in [0.29, 0.717) is 13.2 Å². The lowest BCUT2D eigenvalue weighted by atomic mass is 10.0. The van der Waals surface area contributed by atoms with E-state index in [1.54, 1.807) is 7.11 Å². The third kappa shape index (κ3) is 6.47. The van der Waals surface area contributed by atoms with Crippen molar-refractivity contribution in [3.63, 3.8) is 0 Å². The maximum atomic E-state index is 11.6. The SMILES string of the molecule is CCC(CC)C(=O)NCCC(N)COC. The number of hydrogen-bond donors (Lipinski definition) is 2. The van der Waals surface area contributed by atoms with Gasteiger partial charge in [-0.05, 0) is 19.3 Å². The number of nitrogens with two attached hydrogens (primary N) is 1. The average Bonchev–Trinajstić information content (AvgIpc) is 2.20. The minimum atomic E-state index is 0.0111. The molecule has 0 aliphatic heterocycles. The van der Waals surface area contributed by atoms with Gasteiger partial charge in [-0.2, -0.15) is 0 Å². The molecule has 1 amide bonds. The van der Waals surface area contributed by atoms with Crippen molar-refractivity contribution in [1.82, 2.24) is 5.32 Å². The average molecular weight is 216 g/mol. The summed E-state index contributed by atoms with van der Waals surface area (Å²) in [6, 6.07) is 0.0111. The molecule has 0 aliphatic rings. The molecule has 1 atom stereocenters. The van der Waals surface area contributed by atoms with Crippen molar-refractivity contribution in [3.05, 3.63) is 0 Å². The van der Waals surface area contributed by atoms with Crippen molar-refractivity contribution >= 4 is 5.91 Å². The summed E-state index contributed by atoms with van der Waals surface area (Å²) < 4.78 is 4.91. The van der Waals surface area contributed by atoms with Crippen LogP contribution in [-0.2, 0) is 9.53 Å². The van der Waals surface area contributed by atoms with E-state index in [0.717, 1.165) is 19.3 Å². The van der Waals surface area contributed by atoms with Gasteiger partial charge in [0.25, 0.3) is 0 Å². The van der Waals surface area contributed by atoms with Crippen LogP contribution in [0.15, 0.2) is 0 Å². The number of amides is 1. The molecule has 0 bridgehead atoms. The minimum absolute atomic E-state index is 0.0111. The van der Waals surface area contributed by atoms with E-state index < -0.39 is 0 Å². The third-order valence-electron chi connectivity index (χ3n) is 2.55. The Morgan fingerprint density at radius 3 is 2.47 bits per heavy atom. The summed E-state index contributed by atoms with van der Waals surface area (Å²) in [5.74, 6) is 0.285. The zero-order valence-corrected chi connectivity index (χ0v) is 10.1. The van der Waals surface area contributed by atoms with Gasteiger partial charge in [0.05, 0.1) is 6.61 Å². The van der Waals surface area contributed by atoms with Gasteiger partial charge >= 0.3 is 0 Å². The Morgan fingerprint density at radius 2 is 2.00 bits per heavy atom. The minimum Gasteiger partial charge on any atom is -0.383 e. The summed E-state index contributed by atoms with van der Waals surface area (Å²) in [7, 11) is 1.63. The van der Waals surface area contributed by atoms with Gasteiger partial charge in [-0.1, -0.05) is 13.8 Å². The molecular weight excluding hydrogens is 192 g/mol. The van der Waals surface area contributed by atoms with Crippen molar-refractivity contribution in [2.45, 2.75) is 39.2 Å². The van der Waals surface area contributed by atoms with Gasteiger partial charge in [0.2, 0.25) is 5.91 Å². The molecule has 0 fully saturated rings. The highest BCUT2D eigenvalue weighted by molar-refractivity contribution is 5.78. The van der Waals surface area contributed by atoms with Gasteiger partial charge in [-0.3, -0.25) is 4.79 Å². The number of ether oxygens (including phenoxy) is 1. The number of hydrogen-bond acceptors (Lipinski definition) is 3. The Kier molecular flexibility index (Phi) is 8.33. The molecule has 90 valence electrons. The highest BCUT2D eigenvalue weighted by Gasteiger charge is 2.13. The molecule has 1 unspecified atom stereocenters. The summed E-state index contributed by atoms with van der Waals surface area (Å²) in [5.41, 5.74) is 5.74. The molecule has 0 saturated heterocycles. The second-order valence-electron chi connectivity index (χ2n) is 3.81. The van der Waals surface area contributed by atoms with E-state index in [1.807, 2.05) is 13.8 Å². The first-order chi connectivity index (χ1) is 7.15. The van der Waals surface area contributed by atoms with Gasteiger partial charge < -0.3 is 15.8 Å². The lowest BCUT2D eigenvalue weighted by molar-refractivity contribution is -0.125. The van der Waals surface area contributed by atoms with Gasteiger partial charge in [0.1, 0.15) is 0 Å². The number of methoxy groups -OCH3 is 1. The maximum absolute atomic E-state index is 11.6. The molecule has 0 heterocycles. The van der Waals surface area contributed by atoms with E-state index in [1.165, 1.54) is 0 Å². The monoisotopic (exact) mass is 216 g/mol. The smallest absolute Gasteiger partial charge is 0.223 e. The fourth-order valence-corrected chi connectivity index (χ4v) is 1.48. The highest BCUT2D eigenvalue weighted by atomic mass is 16.5. The second kappa shape index (κ2) is 8.68. The number of carbonyl (C=O) groups is 1. The molecule has 0 aromatic carbocycles. The Morgan fingerprint density at radius 1 is 1.40 bits per heavy atom. The molecule has 0 saturated carbocycles. The van der Waals surface area contributed by atoms with Crippen molar-refractivity contribution in [2.24, 2.45) is 11.7 Å². The molecular formula is C11H24N2O2. The van der Waals surface area contributed by atoms with Crippen molar-refractivity contribution < 1.29 is 9.53 Å². The van der Waals surface area contributed by atoms with E-state index in [9.17, 15) is 4.79 Å². The zero-order chi connectivity index (χ0) is 11.7.